The molecule has 2 aliphatic rings. The monoisotopic (exact) mass is 515 g/mol. The van der Waals surface area contributed by atoms with Crippen LogP contribution in [0, 0.1) is 6.92 Å². The fraction of sp³-hybridized carbons (Fsp3) is 0.414. The fourth-order valence-electron chi connectivity index (χ4n) is 3.67. The first kappa shape index (κ1) is 30.5. The summed E-state index contributed by atoms with van der Waals surface area (Å²) in [5.74, 6) is -0.802. The van der Waals surface area contributed by atoms with Gasteiger partial charge in [-0.05, 0) is 55.2 Å². The minimum Gasteiger partial charge on any atom is -0.869 e. The van der Waals surface area contributed by atoms with Crippen molar-refractivity contribution in [3.8, 4) is 0 Å². The van der Waals surface area contributed by atoms with Crippen molar-refractivity contribution in [3.63, 3.8) is 0 Å². The van der Waals surface area contributed by atoms with Crippen LogP contribution in [0.1, 0.15) is 43.7 Å². The Kier molecular flexibility index (Phi) is 13.7. The number of rotatable bonds is 9. The molecular formula is C29H38N3NaO2S. The van der Waals surface area contributed by atoms with Gasteiger partial charge in [0.2, 0.25) is 5.91 Å². The molecule has 2 aromatic carbocycles. The Bertz CT molecular complexity index is 969. The van der Waals surface area contributed by atoms with Gasteiger partial charge in [-0.25, -0.2) is 0 Å². The molecule has 0 bridgehead atoms. The number of carbonyl (C=O) groups is 1. The summed E-state index contributed by atoms with van der Waals surface area (Å²) in [6, 6.07) is 18.9. The molecule has 1 heterocycles. The number of piperazine rings is 1. The van der Waals surface area contributed by atoms with Crippen LogP contribution in [0.2, 0.25) is 0 Å². The van der Waals surface area contributed by atoms with Crippen molar-refractivity contribution in [1.82, 2.24) is 14.5 Å². The van der Waals surface area contributed by atoms with E-state index >= 15 is 0 Å². The van der Waals surface area contributed by atoms with E-state index in [2.05, 4.69) is 71.7 Å². The zero-order valence-electron chi connectivity index (χ0n) is 22.0. The van der Waals surface area contributed by atoms with E-state index in [1.165, 1.54) is 36.5 Å². The molecule has 36 heavy (non-hydrogen) atoms. The van der Waals surface area contributed by atoms with E-state index in [1.54, 1.807) is 16.8 Å². The van der Waals surface area contributed by atoms with Crippen molar-refractivity contribution in [2.75, 3.05) is 26.2 Å². The quantitative estimate of drug-likeness (QED) is 0.238. The molecule has 1 atom stereocenters. The molecule has 0 radical (unpaired) electrons. The zero-order chi connectivity index (χ0) is 25.0. The molecule has 0 spiro atoms. The third kappa shape index (κ3) is 10.3. The maximum absolute atomic E-state index is 12.3. The topological polar surface area (TPSA) is 58.6 Å². The van der Waals surface area contributed by atoms with Crippen molar-refractivity contribution in [1.29, 1.82) is 0 Å². The van der Waals surface area contributed by atoms with Crippen LogP contribution in [-0.2, 0) is 11.2 Å². The second-order valence-corrected chi connectivity index (χ2v) is 9.99. The molecule has 1 aliphatic carbocycles. The summed E-state index contributed by atoms with van der Waals surface area (Å²) in [5, 5.41) is 11.9. The molecule has 1 saturated carbocycles. The molecule has 2 aromatic rings. The van der Waals surface area contributed by atoms with Gasteiger partial charge in [0.25, 0.3) is 0 Å². The number of nitrogens with zero attached hydrogens (tertiary/aromatic N) is 2. The molecule has 188 valence electrons. The molecule has 1 aliphatic heterocycles. The number of carbonyl (C=O) groups excluding carboxylic acids is 1. The maximum Gasteiger partial charge on any atom is 1.00 e. The van der Waals surface area contributed by atoms with Crippen molar-refractivity contribution in [2.24, 2.45) is 0 Å². The summed E-state index contributed by atoms with van der Waals surface area (Å²) in [7, 11) is 0. The summed E-state index contributed by atoms with van der Waals surface area (Å²) in [5.41, 5.74) is 3.49. The van der Waals surface area contributed by atoms with Gasteiger partial charge in [-0.3, -0.25) is 9.52 Å². The van der Waals surface area contributed by atoms with Crippen molar-refractivity contribution >= 4 is 17.9 Å². The smallest absolute Gasteiger partial charge is 0.869 e. The molecule has 1 unspecified atom stereocenters. The third-order valence-electron chi connectivity index (χ3n) is 5.95. The SMILES string of the molecule is C1CC1.C=C(C(Cc1ccccc1)NSc1ccc(C)cc1)N1CCN(C(=O)/C([O-])=C\CC)CC1.[Na+]. The Morgan fingerprint density at radius 1 is 1.03 bits per heavy atom. The van der Waals surface area contributed by atoms with E-state index in [0.29, 0.717) is 32.6 Å². The largest absolute Gasteiger partial charge is 1.00 e. The normalized spacial score (nSPS) is 15.8. The molecule has 4 rings (SSSR count). The third-order valence-corrected chi connectivity index (χ3v) is 6.86. The minimum atomic E-state index is -0.405. The number of aryl methyl sites for hydroxylation is 1. The molecular weight excluding hydrogens is 477 g/mol. The van der Waals surface area contributed by atoms with Crippen LogP contribution in [-0.4, -0.2) is 47.9 Å². The van der Waals surface area contributed by atoms with Crippen LogP contribution in [0.4, 0.5) is 0 Å². The van der Waals surface area contributed by atoms with Crippen LogP contribution < -0.4 is 39.4 Å². The molecule has 2 fully saturated rings. The van der Waals surface area contributed by atoms with Crippen molar-refractivity contribution in [3.05, 3.63) is 89.8 Å². The van der Waals surface area contributed by atoms with E-state index in [0.717, 1.165) is 17.0 Å². The average molecular weight is 516 g/mol. The van der Waals surface area contributed by atoms with E-state index < -0.39 is 11.7 Å². The average Bonchev–Trinajstić information content (AvgIpc) is 3.77. The Morgan fingerprint density at radius 2 is 1.61 bits per heavy atom. The number of hydrogen-bond donors (Lipinski definition) is 1. The summed E-state index contributed by atoms with van der Waals surface area (Å²) < 4.78 is 3.61. The van der Waals surface area contributed by atoms with Crippen molar-refractivity contribution in [2.45, 2.75) is 56.9 Å². The summed E-state index contributed by atoms with van der Waals surface area (Å²) in [4.78, 5) is 17.3. The molecule has 7 heteroatoms. The number of nitrogens with one attached hydrogen (secondary N) is 1. The Morgan fingerprint density at radius 3 is 2.17 bits per heavy atom. The van der Waals surface area contributed by atoms with E-state index in [1.807, 2.05) is 13.0 Å². The number of allylic oxidation sites excluding steroid dienone is 1. The first-order valence-electron chi connectivity index (χ1n) is 12.6. The van der Waals surface area contributed by atoms with Crippen molar-refractivity contribution < 1.29 is 39.5 Å². The standard InChI is InChI=1S/C26H33N3O2S.C3H6.Na/c1-4-8-25(30)26(31)29-17-15-28(16-18-29)21(3)24(19-22-9-6-5-7-10-22)27-32-23-13-11-20(2)12-14-23;1-2-3-1;/h5-14,24,27,30H,3-4,15-19H2,1-2H3;1-3H2;/q;;+1/p-1/b25-8+;;. The van der Waals surface area contributed by atoms with Gasteiger partial charge in [-0.15, -0.1) is 0 Å². The van der Waals surface area contributed by atoms with Crippen LogP contribution in [0.3, 0.4) is 0 Å². The second-order valence-electron chi connectivity index (χ2n) is 9.08. The summed E-state index contributed by atoms with van der Waals surface area (Å²) in [6.45, 7) is 10.8. The number of hydrogen-bond acceptors (Lipinski definition) is 5. The van der Waals surface area contributed by atoms with E-state index in [9.17, 15) is 9.90 Å². The summed E-state index contributed by atoms with van der Waals surface area (Å²) in [6.07, 6.45) is 7.35. The molecule has 1 saturated heterocycles. The maximum atomic E-state index is 12.3. The predicted molar refractivity (Wildman–Crippen MR) is 144 cm³/mol. The molecule has 1 amide bonds. The van der Waals surface area contributed by atoms with Crippen LogP contribution in [0.5, 0.6) is 0 Å². The van der Waals surface area contributed by atoms with Gasteiger partial charge in [0.15, 0.2) is 0 Å². The molecule has 5 nitrogen and oxygen atoms in total. The summed E-state index contributed by atoms with van der Waals surface area (Å²) >= 11 is 1.61. The van der Waals surface area contributed by atoms with Gasteiger partial charge >= 0.3 is 29.6 Å². The van der Waals surface area contributed by atoms with E-state index in [4.69, 9.17) is 0 Å². The zero-order valence-corrected chi connectivity index (χ0v) is 24.9. The Hall–Kier alpha value is -1.70. The fourth-order valence-corrected chi connectivity index (χ4v) is 4.44. The van der Waals surface area contributed by atoms with Gasteiger partial charge in [0, 0.05) is 36.8 Å². The minimum absolute atomic E-state index is 0. The Labute approximate surface area is 243 Å². The van der Waals surface area contributed by atoms with E-state index in [-0.39, 0.29) is 35.6 Å². The van der Waals surface area contributed by atoms with Gasteiger partial charge in [-0.1, -0.05) is 86.9 Å². The first-order valence-corrected chi connectivity index (χ1v) is 13.4. The van der Waals surface area contributed by atoms with Gasteiger partial charge < -0.3 is 14.9 Å². The van der Waals surface area contributed by atoms with Crippen LogP contribution >= 0.6 is 11.9 Å². The second kappa shape index (κ2) is 16.2. The van der Waals surface area contributed by atoms with Gasteiger partial charge in [-0.2, -0.15) is 0 Å². The Balaban J connectivity index is 0.00000106. The number of benzene rings is 2. The molecule has 1 N–H and O–H groups in total. The number of amides is 1. The molecule has 0 aromatic heterocycles. The van der Waals surface area contributed by atoms with Gasteiger partial charge in [0.05, 0.1) is 6.04 Å². The van der Waals surface area contributed by atoms with Gasteiger partial charge in [0.1, 0.15) is 0 Å². The first-order chi connectivity index (χ1) is 17.0. The van der Waals surface area contributed by atoms with Crippen LogP contribution in [0.25, 0.3) is 0 Å². The van der Waals surface area contributed by atoms with Crippen LogP contribution in [0.15, 0.2) is 83.6 Å². The predicted octanol–water partition coefficient (Wildman–Crippen LogP) is 1.69.